The van der Waals surface area contributed by atoms with Gasteiger partial charge in [-0.25, -0.2) is 0 Å². The molecule has 0 aliphatic carbocycles. The van der Waals surface area contributed by atoms with Crippen LogP contribution in [0.2, 0.25) is 0 Å². The number of hydrogen-bond donors (Lipinski definition) is 3. The van der Waals surface area contributed by atoms with Crippen LogP contribution < -0.4 is 5.32 Å². The van der Waals surface area contributed by atoms with E-state index >= 15 is 0 Å². The van der Waals surface area contributed by atoms with Crippen molar-refractivity contribution in [3.63, 3.8) is 0 Å². The third kappa shape index (κ3) is 2.52. The molecule has 128 valence electrons. The van der Waals surface area contributed by atoms with Gasteiger partial charge in [-0.1, -0.05) is 44.2 Å². The van der Waals surface area contributed by atoms with Crippen LogP contribution in [-0.2, 0) is 20.7 Å². The molecule has 1 fully saturated rings. The molecule has 1 spiro atoms. The number of benzene rings is 1. The SMILES string of the molecule is CC(C)C[C@@]1(O)NC(=O)[C@@]2(OC(Cc3ccccc3)=CC2=O)[C@@H]1O. The molecule has 1 saturated heterocycles. The van der Waals surface area contributed by atoms with Crippen LogP contribution in [-0.4, -0.2) is 39.3 Å². The Morgan fingerprint density at radius 3 is 2.54 bits per heavy atom. The van der Waals surface area contributed by atoms with E-state index in [4.69, 9.17) is 4.74 Å². The molecule has 2 heterocycles. The first-order valence-corrected chi connectivity index (χ1v) is 7.99. The van der Waals surface area contributed by atoms with Crippen molar-refractivity contribution in [2.24, 2.45) is 5.92 Å². The van der Waals surface area contributed by atoms with Gasteiger partial charge in [0, 0.05) is 18.9 Å². The lowest BCUT2D eigenvalue weighted by molar-refractivity contribution is -0.164. The van der Waals surface area contributed by atoms with Gasteiger partial charge in [0.05, 0.1) is 0 Å². The van der Waals surface area contributed by atoms with Crippen LogP contribution in [0.15, 0.2) is 42.2 Å². The predicted molar refractivity (Wildman–Crippen MR) is 85.6 cm³/mol. The predicted octanol–water partition coefficient (Wildman–Crippen LogP) is 0.676. The van der Waals surface area contributed by atoms with Crippen molar-refractivity contribution in [2.75, 3.05) is 0 Å². The summed E-state index contributed by atoms with van der Waals surface area (Å²) in [4.78, 5) is 24.9. The molecule has 3 atom stereocenters. The van der Waals surface area contributed by atoms with Crippen LogP contribution in [0, 0.1) is 5.92 Å². The minimum atomic E-state index is -2.09. The lowest BCUT2D eigenvalue weighted by Crippen LogP contribution is -2.56. The van der Waals surface area contributed by atoms with E-state index in [1.807, 2.05) is 44.2 Å². The first kappa shape index (κ1) is 16.7. The van der Waals surface area contributed by atoms with Crippen LogP contribution in [0.4, 0.5) is 0 Å². The maximum Gasteiger partial charge on any atom is 0.277 e. The molecular weight excluding hydrogens is 310 g/mol. The smallest absolute Gasteiger partial charge is 0.277 e. The Balaban J connectivity index is 1.84. The molecule has 1 aromatic carbocycles. The zero-order chi connectivity index (χ0) is 17.5. The Labute approximate surface area is 140 Å². The van der Waals surface area contributed by atoms with Crippen LogP contribution in [0.25, 0.3) is 0 Å². The van der Waals surface area contributed by atoms with E-state index < -0.39 is 29.1 Å². The molecule has 1 amide bonds. The Kier molecular flexibility index (Phi) is 3.97. The molecule has 3 rings (SSSR count). The molecule has 2 aliphatic rings. The van der Waals surface area contributed by atoms with Crippen molar-refractivity contribution in [3.05, 3.63) is 47.7 Å². The van der Waals surface area contributed by atoms with Crippen LogP contribution in [0.5, 0.6) is 0 Å². The van der Waals surface area contributed by atoms with Crippen molar-refractivity contribution < 1.29 is 24.5 Å². The van der Waals surface area contributed by atoms with E-state index in [2.05, 4.69) is 5.32 Å². The first-order chi connectivity index (χ1) is 11.3. The van der Waals surface area contributed by atoms with Gasteiger partial charge in [-0.05, 0) is 11.5 Å². The highest BCUT2D eigenvalue weighted by Gasteiger charge is 2.69. The molecule has 3 N–H and O–H groups in total. The number of carbonyl (C=O) groups is 2. The third-order valence-corrected chi connectivity index (χ3v) is 4.40. The lowest BCUT2D eigenvalue weighted by Gasteiger charge is -2.31. The zero-order valence-electron chi connectivity index (χ0n) is 13.7. The Hall–Kier alpha value is -2.18. The lowest BCUT2D eigenvalue weighted by atomic mass is 9.87. The molecule has 6 heteroatoms. The van der Waals surface area contributed by atoms with Crippen molar-refractivity contribution in [1.82, 2.24) is 5.32 Å². The number of aliphatic hydroxyl groups excluding tert-OH is 1. The summed E-state index contributed by atoms with van der Waals surface area (Å²) in [5, 5.41) is 23.5. The number of nitrogens with one attached hydrogen (secondary N) is 1. The number of rotatable bonds is 4. The van der Waals surface area contributed by atoms with Crippen LogP contribution >= 0.6 is 0 Å². The van der Waals surface area contributed by atoms with Crippen molar-refractivity contribution in [3.8, 4) is 0 Å². The van der Waals surface area contributed by atoms with Gasteiger partial charge in [-0.3, -0.25) is 9.59 Å². The van der Waals surface area contributed by atoms with Crippen LogP contribution in [0.1, 0.15) is 25.8 Å². The second-order valence-corrected chi connectivity index (χ2v) is 6.85. The average Bonchev–Trinajstić information content (AvgIpc) is 2.91. The highest BCUT2D eigenvalue weighted by atomic mass is 16.5. The van der Waals surface area contributed by atoms with Gasteiger partial charge in [0.15, 0.2) is 11.8 Å². The van der Waals surface area contributed by atoms with Gasteiger partial charge < -0.3 is 20.3 Å². The van der Waals surface area contributed by atoms with Crippen molar-refractivity contribution in [2.45, 2.75) is 44.1 Å². The normalized spacial score (nSPS) is 32.2. The first-order valence-electron chi connectivity index (χ1n) is 7.99. The minimum Gasteiger partial charge on any atom is -0.470 e. The summed E-state index contributed by atoms with van der Waals surface area (Å²) in [6.07, 6.45) is 0.0112. The fourth-order valence-electron chi connectivity index (χ4n) is 3.38. The fourth-order valence-corrected chi connectivity index (χ4v) is 3.38. The van der Waals surface area contributed by atoms with E-state index in [-0.39, 0.29) is 12.3 Å². The maximum atomic E-state index is 12.5. The number of amides is 1. The monoisotopic (exact) mass is 331 g/mol. The quantitative estimate of drug-likeness (QED) is 0.705. The molecule has 0 saturated carbocycles. The molecular formula is C18H21NO5. The van der Waals surface area contributed by atoms with E-state index in [0.29, 0.717) is 12.2 Å². The molecule has 2 aliphatic heterocycles. The van der Waals surface area contributed by atoms with Gasteiger partial charge in [-0.2, -0.15) is 0 Å². The number of aliphatic hydroxyl groups is 2. The molecule has 6 nitrogen and oxygen atoms in total. The summed E-state index contributed by atoms with van der Waals surface area (Å²) in [5.41, 5.74) is -3.05. The van der Waals surface area contributed by atoms with Crippen LogP contribution in [0.3, 0.4) is 0 Å². The number of allylic oxidation sites excluding steroid dienone is 1. The number of ketones is 1. The second kappa shape index (κ2) is 5.72. The Morgan fingerprint density at radius 2 is 1.92 bits per heavy atom. The van der Waals surface area contributed by atoms with Gasteiger partial charge in [0.1, 0.15) is 5.76 Å². The molecule has 0 aromatic heterocycles. The third-order valence-electron chi connectivity index (χ3n) is 4.40. The van der Waals surface area contributed by atoms with Gasteiger partial charge >= 0.3 is 0 Å². The molecule has 24 heavy (non-hydrogen) atoms. The molecule has 0 radical (unpaired) electrons. The summed E-state index contributed by atoms with van der Waals surface area (Å²) >= 11 is 0. The summed E-state index contributed by atoms with van der Waals surface area (Å²) in [7, 11) is 0. The summed E-state index contributed by atoms with van der Waals surface area (Å²) in [6, 6.07) is 9.35. The highest BCUT2D eigenvalue weighted by Crippen LogP contribution is 2.40. The Morgan fingerprint density at radius 1 is 1.25 bits per heavy atom. The second-order valence-electron chi connectivity index (χ2n) is 6.85. The number of ether oxygens (including phenoxy) is 1. The number of carbonyl (C=O) groups excluding carboxylic acids is 2. The summed E-state index contributed by atoms with van der Waals surface area (Å²) in [6.45, 7) is 3.69. The Bertz CT molecular complexity index is 699. The molecule has 1 aromatic rings. The maximum absolute atomic E-state index is 12.5. The fraction of sp³-hybridized carbons (Fsp3) is 0.444. The largest absolute Gasteiger partial charge is 0.470 e. The van der Waals surface area contributed by atoms with E-state index in [0.717, 1.165) is 5.56 Å². The summed E-state index contributed by atoms with van der Waals surface area (Å²) < 4.78 is 5.62. The van der Waals surface area contributed by atoms with E-state index in [9.17, 15) is 19.8 Å². The zero-order valence-corrected chi connectivity index (χ0v) is 13.7. The average molecular weight is 331 g/mol. The molecule has 0 bridgehead atoms. The summed E-state index contributed by atoms with van der Waals surface area (Å²) in [5.74, 6) is -1.14. The van der Waals surface area contributed by atoms with E-state index in [1.54, 1.807) is 0 Å². The molecule has 0 unspecified atom stereocenters. The topological polar surface area (TPSA) is 95.9 Å². The van der Waals surface area contributed by atoms with Gasteiger partial charge in [0.25, 0.3) is 11.5 Å². The van der Waals surface area contributed by atoms with Crippen molar-refractivity contribution >= 4 is 11.7 Å². The van der Waals surface area contributed by atoms with E-state index in [1.165, 1.54) is 6.08 Å². The standard InChI is InChI=1S/C18H21NO5/c1-11(2)10-17(23)15(21)18(16(22)19-17)14(20)9-13(24-18)8-12-6-4-3-5-7-12/h3-7,9,11,15,21,23H,8,10H2,1-2H3,(H,19,22)/t15-,17+,18+/m1/s1. The highest BCUT2D eigenvalue weighted by molar-refractivity contribution is 6.18. The minimum absolute atomic E-state index is 0.00773. The van der Waals surface area contributed by atoms with Gasteiger partial charge in [0.2, 0.25) is 5.78 Å². The van der Waals surface area contributed by atoms with Crippen molar-refractivity contribution in [1.29, 1.82) is 0 Å². The number of hydrogen-bond acceptors (Lipinski definition) is 5. The van der Waals surface area contributed by atoms with Gasteiger partial charge in [-0.15, -0.1) is 0 Å².